The SMILES string of the molecule is COc1ccc(OC(=O)NC=N)cc1. The lowest BCUT2D eigenvalue weighted by Gasteiger charge is -2.03. The minimum atomic E-state index is -0.690. The Labute approximate surface area is 81.2 Å². The monoisotopic (exact) mass is 194 g/mol. The van der Waals surface area contributed by atoms with Crippen molar-refractivity contribution in [2.45, 2.75) is 0 Å². The van der Waals surface area contributed by atoms with Crippen molar-refractivity contribution in [3.8, 4) is 11.5 Å². The van der Waals surface area contributed by atoms with Crippen LogP contribution in [0.2, 0.25) is 0 Å². The normalized spacial score (nSPS) is 8.93. The molecule has 0 aromatic heterocycles. The highest BCUT2D eigenvalue weighted by atomic mass is 16.6. The highest BCUT2D eigenvalue weighted by Gasteiger charge is 2.01. The second-order valence-corrected chi connectivity index (χ2v) is 2.35. The third-order valence-corrected chi connectivity index (χ3v) is 1.46. The van der Waals surface area contributed by atoms with Gasteiger partial charge in [-0.3, -0.25) is 10.7 Å². The molecule has 2 N–H and O–H groups in total. The van der Waals surface area contributed by atoms with Crippen LogP contribution in [-0.4, -0.2) is 19.5 Å². The number of rotatable bonds is 3. The van der Waals surface area contributed by atoms with Crippen molar-refractivity contribution in [2.75, 3.05) is 7.11 Å². The summed E-state index contributed by atoms with van der Waals surface area (Å²) in [6.45, 7) is 0. The predicted octanol–water partition coefficient (Wildman–Crippen LogP) is 1.39. The van der Waals surface area contributed by atoms with Gasteiger partial charge in [0.2, 0.25) is 0 Å². The Hall–Kier alpha value is -2.04. The number of carbonyl (C=O) groups is 1. The topological polar surface area (TPSA) is 71.4 Å². The lowest BCUT2D eigenvalue weighted by atomic mass is 10.3. The second kappa shape index (κ2) is 4.86. The van der Waals surface area contributed by atoms with Crippen molar-refractivity contribution >= 4 is 12.4 Å². The summed E-state index contributed by atoms with van der Waals surface area (Å²) in [5.74, 6) is 1.08. The van der Waals surface area contributed by atoms with Crippen LogP contribution in [0.5, 0.6) is 11.5 Å². The van der Waals surface area contributed by atoms with E-state index in [0.29, 0.717) is 11.5 Å². The molecule has 0 aliphatic heterocycles. The zero-order valence-electron chi connectivity index (χ0n) is 7.61. The van der Waals surface area contributed by atoms with Gasteiger partial charge in [-0.25, -0.2) is 4.79 Å². The van der Waals surface area contributed by atoms with Crippen LogP contribution in [0, 0.1) is 5.41 Å². The molecule has 5 heteroatoms. The first kappa shape index (κ1) is 10.0. The molecule has 0 fully saturated rings. The molecule has 1 rings (SSSR count). The molecule has 0 atom stereocenters. The van der Waals surface area contributed by atoms with E-state index in [-0.39, 0.29) is 0 Å². The number of hydrogen-bond acceptors (Lipinski definition) is 4. The van der Waals surface area contributed by atoms with Gasteiger partial charge in [0, 0.05) is 0 Å². The number of carbonyl (C=O) groups excluding carboxylic acids is 1. The summed E-state index contributed by atoms with van der Waals surface area (Å²) < 4.78 is 9.73. The highest BCUT2D eigenvalue weighted by molar-refractivity contribution is 5.82. The van der Waals surface area contributed by atoms with Crippen LogP contribution in [0.4, 0.5) is 4.79 Å². The van der Waals surface area contributed by atoms with E-state index in [1.54, 1.807) is 31.4 Å². The Morgan fingerprint density at radius 3 is 2.43 bits per heavy atom. The van der Waals surface area contributed by atoms with Gasteiger partial charge in [-0.2, -0.15) is 0 Å². The van der Waals surface area contributed by atoms with E-state index in [1.165, 1.54) is 0 Å². The molecule has 1 aromatic rings. The molecule has 0 aliphatic rings. The molecule has 0 aliphatic carbocycles. The summed E-state index contributed by atoms with van der Waals surface area (Å²) in [5, 5.41) is 8.68. The molecule has 1 aromatic carbocycles. The van der Waals surface area contributed by atoms with Gasteiger partial charge in [0.25, 0.3) is 0 Å². The van der Waals surface area contributed by atoms with Gasteiger partial charge in [0.05, 0.1) is 13.4 Å². The van der Waals surface area contributed by atoms with Crippen LogP contribution in [0.3, 0.4) is 0 Å². The molecule has 0 saturated carbocycles. The number of hydrogen-bond donors (Lipinski definition) is 2. The smallest absolute Gasteiger partial charge is 0.417 e. The van der Waals surface area contributed by atoms with Crippen LogP contribution < -0.4 is 14.8 Å². The van der Waals surface area contributed by atoms with E-state index < -0.39 is 6.09 Å². The summed E-state index contributed by atoms with van der Waals surface area (Å²) in [4.78, 5) is 10.9. The minimum absolute atomic E-state index is 0.394. The maximum absolute atomic E-state index is 10.9. The maximum atomic E-state index is 10.9. The van der Waals surface area contributed by atoms with E-state index in [0.717, 1.165) is 6.34 Å². The van der Waals surface area contributed by atoms with Crippen LogP contribution in [0.1, 0.15) is 0 Å². The van der Waals surface area contributed by atoms with Crippen LogP contribution in [0.25, 0.3) is 0 Å². The van der Waals surface area contributed by atoms with Crippen molar-refractivity contribution < 1.29 is 14.3 Å². The van der Waals surface area contributed by atoms with E-state index >= 15 is 0 Å². The lowest BCUT2D eigenvalue weighted by molar-refractivity contribution is 0.206. The van der Waals surface area contributed by atoms with Crippen molar-refractivity contribution in [1.82, 2.24) is 5.32 Å². The third kappa shape index (κ3) is 2.78. The number of nitrogens with one attached hydrogen (secondary N) is 2. The summed E-state index contributed by atoms with van der Waals surface area (Å²) in [6.07, 6.45) is 0.0661. The first-order valence-corrected chi connectivity index (χ1v) is 3.87. The zero-order chi connectivity index (χ0) is 10.4. The molecule has 0 spiro atoms. The molecule has 0 heterocycles. The second-order valence-electron chi connectivity index (χ2n) is 2.35. The van der Waals surface area contributed by atoms with Gasteiger partial charge in [-0.05, 0) is 24.3 Å². The summed E-state index contributed by atoms with van der Waals surface area (Å²) in [6, 6.07) is 6.55. The van der Waals surface area contributed by atoms with Crippen molar-refractivity contribution in [3.63, 3.8) is 0 Å². The Balaban J connectivity index is 2.59. The summed E-state index contributed by atoms with van der Waals surface area (Å²) in [7, 11) is 1.55. The molecule has 0 radical (unpaired) electrons. The number of amides is 1. The quantitative estimate of drug-likeness (QED) is 0.564. The lowest BCUT2D eigenvalue weighted by Crippen LogP contribution is -2.24. The molecule has 14 heavy (non-hydrogen) atoms. The van der Waals surface area contributed by atoms with E-state index in [2.05, 4.69) is 5.32 Å². The van der Waals surface area contributed by atoms with E-state index in [1.807, 2.05) is 0 Å². The summed E-state index contributed by atoms with van der Waals surface area (Å²) in [5.41, 5.74) is 0. The van der Waals surface area contributed by atoms with Gasteiger partial charge < -0.3 is 9.47 Å². The maximum Gasteiger partial charge on any atom is 0.417 e. The van der Waals surface area contributed by atoms with Gasteiger partial charge in [0.15, 0.2) is 0 Å². The molecular weight excluding hydrogens is 184 g/mol. The van der Waals surface area contributed by atoms with Crippen molar-refractivity contribution in [1.29, 1.82) is 5.41 Å². The number of ether oxygens (including phenoxy) is 2. The average Bonchev–Trinajstić information content (AvgIpc) is 2.19. The van der Waals surface area contributed by atoms with Crippen molar-refractivity contribution in [2.24, 2.45) is 0 Å². The number of methoxy groups -OCH3 is 1. The average molecular weight is 194 g/mol. The minimum Gasteiger partial charge on any atom is -0.497 e. The van der Waals surface area contributed by atoms with Crippen molar-refractivity contribution in [3.05, 3.63) is 24.3 Å². The molecule has 1 amide bonds. The van der Waals surface area contributed by atoms with Gasteiger partial charge in [-0.1, -0.05) is 0 Å². The molecule has 5 nitrogen and oxygen atoms in total. The first-order chi connectivity index (χ1) is 6.76. The van der Waals surface area contributed by atoms with E-state index in [9.17, 15) is 4.79 Å². The number of benzene rings is 1. The Morgan fingerprint density at radius 2 is 1.93 bits per heavy atom. The zero-order valence-corrected chi connectivity index (χ0v) is 7.61. The third-order valence-electron chi connectivity index (χ3n) is 1.46. The Morgan fingerprint density at radius 1 is 1.36 bits per heavy atom. The standard InChI is InChI=1S/C9H10N2O3/c1-13-7-2-4-8(5-3-7)14-9(12)11-6-10/h2-6H,1H3,(H2,10,11,12). The molecule has 74 valence electrons. The first-order valence-electron chi connectivity index (χ1n) is 3.87. The fourth-order valence-electron chi connectivity index (χ4n) is 0.839. The van der Waals surface area contributed by atoms with Crippen LogP contribution >= 0.6 is 0 Å². The molecule has 0 saturated heterocycles. The van der Waals surface area contributed by atoms with E-state index in [4.69, 9.17) is 14.9 Å². The predicted molar refractivity (Wildman–Crippen MR) is 50.9 cm³/mol. The largest absolute Gasteiger partial charge is 0.497 e. The molecule has 0 bridgehead atoms. The van der Waals surface area contributed by atoms with Crippen LogP contribution in [0.15, 0.2) is 24.3 Å². The fourth-order valence-corrected chi connectivity index (χ4v) is 0.839. The van der Waals surface area contributed by atoms with Gasteiger partial charge in [-0.15, -0.1) is 0 Å². The summed E-state index contributed by atoms with van der Waals surface area (Å²) >= 11 is 0. The molecular formula is C9H10N2O3. The van der Waals surface area contributed by atoms with Gasteiger partial charge >= 0.3 is 6.09 Å². The Kier molecular flexibility index (Phi) is 3.49. The Bertz CT molecular complexity index is 321. The molecule has 0 unspecified atom stereocenters. The van der Waals surface area contributed by atoms with Crippen LogP contribution in [-0.2, 0) is 0 Å². The highest BCUT2D eigenvalue weighted by Crippen LogP contribution is 2.16. The fraction of sp³-hybridized carbons (Fsp3) is 0.111. The van der Waals surface area contributed by atoms with Gasteiger partial charge in [0.1, 0.15) is 11.5 Å².